The highest BCUT2D eigenvalue weighted by Crippen LogP contribution is 2.32. The molecule has 0 atom stereocenters. The monoisotopic (exact) mass is 301 g/mol. The van der Waals surface area contributed by atoms with Crippen LogP contribution in [0.25, 0.3) is 0 Å². The van der Waals surface area contributed by atoms with Crippen molar-refractivity contribution in [1.29, 1.82) is 0 Å². The topological polar surface area (TPSA) is 30.0 Å². The zero-order valence-electron chi connectivity index (χ0n) is 6.10. The fourth-order valence-electron chi connectivity index (χ4n) is 0.719. The van der Waals surface area contributed by atoms with Crippen molar-refractivity contribution in [2.24, 2.45) is 0 Å². The second-order valence-electron chi connectivity index (χ2n) is 2.20. The molecule has 0 fully saturated rings. The number of aromatic nitrogens is 1. The van der Waals surface area contributed by atoms with Crippen LogP contribution in [0.1, 0.15) is 16.1 Å². The molecule has 0 aromatic carbocycles. The van der Waals surface area contributed by atoms with Crippen molar-refractivity contribution in [3.05, 3.63) is 27.1 Å². The summed E-state index contributed by atoms with van der Waals surface area (Å²) in [5, 5.41) is 0. The average Bonchev–Trinajstić information content (AvgIpc) is 2.01. The summed E-state index contributed by atoms with van der Waals surface area (Å²) in [6.07, 6.45) is -3.35. The maximum absolute atomic E-state index is 12.2. The molecule has 13 heavy (non-hydrogen) atoms. The molecule has 70 valence electrons. The second kappa shape index (κ2) is 3.60. The molecule has 0 radical (unpaired) electrons. The fourth-order valence-corrected chi connectivity index (χ4v) is 1.48. The van der Waals surface area contributed by atoms with E-state index in [-0.39, 0.29) is 9.26 Å². The van der Waals surface area contributed by atoms with Gasteiger partial charge in [0.25, 0.3) is 0 Å². The number of nitrogens with zero attached hydrogens (tertiary/aromatic N) is 1. The van der Waals surface area contributed by atoms with Crippen molar-refractivity contribution >= 4 is 28.9 Å². The Morgan fingerprint density at radius 3 is 2.46 bits per heavy atom. The van der Waals surface area contributed by atoms with Gasteiger partial charge in [0.1, 0.15) is 5.69 Å². The van der Waals surface area contributed by atoms with Gasteiger partial charge in [-0.15, -0.1) is 0 Å². The highest BCUT2D eigenvalue weighted by atomic mass is 127. The summed E-state index contributed by atoms with van der Waals surface area (Å²) in [6, 6.07) is 1.09. The Balaban J connectivity index is 3.20. The molecule has 0 saturated heterocycles. The van der Waals surface area contributed by atoms with E-state index in [0.717, 1.165) is 6.07 Å². The van der Waals surface area contributed by atoms with Crippen LogP contribution in [0.2, 0.25) is 0 Å². The van der Waals surface area contributed by atoms with Gasteiger partial charge in [-0.2, -0.15) is 13.2 Å². The largest absolute Gasteiger partial charge is 0.418 e. The number of carbonyl (C=O) groups excluding carboxylic acids is 1. The van der Waals surface area contributed by atoms with Crippen molar-refractivity contribution in [2.75, 3.05) is 0 Å². The number of hydrogen-bond donors (Lipinski definition) is 0. The zero-order chi connectivity index (χ0) is 10.1. The van der Waals surface area contributed by atoms with Crippen LogP contribution in [0.5, 0.6) is 0 Å². The summed E-state index contributed by atoms with van der Waals surface area (Å²) in [5.41, 5.74) is -0.823. The minimum Gasteiger partial charge on any atom is -0.296 e. The third-order valence-corrected chi connectivity index (χ3v) is 2.19. The third kappa shape index (κ3) is 2.39. The van der Waals surface area contributed by atoms with Gasteiger partial charge in [0.15, 0.2) is 6.29 Å². The number of rotatable bonds is 1. The van der Waals surface area contributed by atoms with Gasteiger partial charge < -0.3 is 0 Å². The molecule has 0 aliphatic rings. The summed E-state index contributed by atoms with van der Waals surface area (Å²) in [6.45, 7) is 0. The van der Waals surface area contributed by atoms with Gasteiger partial charge in [-0.3, -0.25) is 9.78 Å². The van der Waals surface area contributed by atoms with Crippen LogP contribution in [0.3, 0.4) is 0 Å². The fraction of sp³-hybridized carbons (Fsp3) is 0.143. The van der Waals surface area contributed by atoms with Crippen LogP contribution in [0.4, 0.5) is 13.2 Å². The van der Waals surface area contributed by atoms with Crippen LogP contribution in [0, 0.1) is 3.57 Å². The summed E-state index contributed by atoms with van der Waals surface area (Å²) in [4.78, 5) is 13.5. The van der Waals surface area contributed by atoms with E-state index in [9.17, 15) is 18.0 Å². The molecule has 0 amide bonds. The van der Waals surface area contributed by atoms with Gasteiger partial charge in [-0.25, -0.2) is 0 Å². The minimum atomic E-state index is -4.41. The van der Waals surface area contributed by atoms with Gasteiger partial charge in [-0.1, -0.05) is 0 Å². The highest BCUT2D eigenvalue weighted by Gasteiger charge is 2.33. The summed E-state index contributed by atoms with van der Waals surface area (Å²) < 4.78 is 36.4. The molecule has 1 aromatic heterocycles. The molecule has 1 rings (SSSR count). The maximum Gasteiger partial charge on any atom is 0.418 e. The zero-order valence-corrected chi connectivity index (χ0v) is 8.26. The van der Waals surface area contributed by atoms with Gasteiger partial charge in [0.05, 0.1) is 5.56 Å². The Bertz CT molecular complexity index is 337. The number of aldehydes is 1. The van der Waals surface area contributed by atoms with Gasteiger partial charge in [0, 0.05) is 9.77 Å². The van der Waals surface area contributed by atoms with Gasteiger partial charge in [0.2, 0.25) is 0 Å². The third-order valence-electron chi connectivity index (χ3n) is 1.30. The Kier molecular flexibility index (Phi) is 2.89. The van der Waals surface area contributed by atoms with Crippen molar-refractivity contribution in [2.45, 2.75) is 6.18 Å². The predicted octanol–water partition coefficient (Wildman–Crippen LogP) is 2.52. The van der Waals surface area contributed by atoms with Crippen LogP contribution >= 0.6 is 22.6 Å². The second-order valence-corrected chi connectivity index (χ2v) is 3.37. The average molecular weight is 301 g/mol. The lowest BCUT2D eigenvalue weighted by atomic mass is 10.2. The number of halogens is 4. The molecule has 0 aliphatic heterocycles. The first kappa shape index (κ1) is 10.4. The first-order chi connectivity index (χ1) is 5.95. The minimum absolute atomic E-state index is 0.00241. The molecular weight excluding hydrogens is 298 g/mol. The van der Waals surface area contributed by atoms with Crippen LogP contribution < -0.4 is 0 Å². The van der Waals surface area contributed by atoms with Crippen LogP contribution in [-0.2, 0) is 6.18 Å². The first-order valence-corrected chi connectivity index (χ1v) is 4.21. The summed E-state index contributed by atoms with van der Waals surface area (Å²) in [5.74, 6) is 0. The van der Waals surface area contributed by atoms with E-state index in [2.05, 4.69) is 4.98 Å². The van der Waals surface area contributed by atoms with Crippen molar-refractivity contribution in [3.63, 3.8) is 0 Å². The maximum atomic E-state index is 12.2. The quantitative estimate of drug-likeness (QED) is 0.589. The van der Waals surface area contributed by atoms with E-state index in [0.29, 0.717) is 12.5 Å². The lowest BCUT2D eigenvalue weighted by Gasteiger charge is -2.07. The molecule has 0 unspecified atom stereocenters. The highest BCUT2D eigenvalue weighted by molar-refractivity contribution is 14.1. The van der Waals surface area contributed by atoms with E-state index in [1.54, 1.807) is 0 Å². The van der Waals surface area contributed by atoms with Crippen LogP contribution in [0.15, 0.2) is 12.3 Å². The number of hydrogen-bond acceptors (Lipinski definition) is 2. The summed E-state index contributed by atoms with van der Waals surface area (Å²) in [7, 11) is 0. The molecule has 1 aromatic rings. The number of alkyl halides is 3. The van der Waals surface area contributed by atoms with Crippen molar-refractivity contribution in [3.8, 4) is 0 Å². The van der Waals surface area contributed by atoms with E-state index < -0.39 is 11.7 Å². The lowest BCUT2D eigenvalue weighted by Crippen LogP contribution is -2.08. The summed E-state index contributed by atoms with van der Waals surface area (Å²) >= 11 is 1.52. The normalized spacial score (nSPS) is 11.4. The Morgan fingerprint density at radius 1 is 1.46 bits per heavy atom. The molecular formula is C7H3F3INO. The van der Waals surface area contributed by atoms with E-state index >= 15 is 0 Å². The SMILES string of the molecule is O=Cc1cc(I)c(C(F)(F)F)cn1. The molecule has 0 spiro atoms. The van der Waals surface area contributed by atoms with E-state index in [1.165, 1.54) is 22.6 Å². The van der Waals surface area contributed by atoms with Crippen molar-refractivity contribution in [1.82, 2.24) is 4.98 Å². The van der Waals surface area contributed by atoms with E-state index in [1.807, 2.05) is 0 Å². The molecule has 0 bridgehead atoms. The lowest BCUT2D eigenvalue weighted by molar-refractivity contribution is -0.138. The molecule has 0 aliphatic carbocycles. The number of carbonyl (C=O) groups is 1. The first-order valence-electron chi connectivity index (χ1n) is 3.13. The molecule has 0 saturated carbocycles. The molecule has 1 heterocycles. The van der Waals surface area contributed by atoms with Gasteiger partial charge in [-0.05, 0) is 28.7 Å². The number of pyridine rings is 1. The van der Waals surface area contributed by atoms with Gasteiger partial charge >= 0.3 is 6.18 Å². The Morgan fingerprint density at radius 2 is 2.08 bits per heavy atom. The van der Waals surface area contributed by atoms with E-state index in [4.69, 9.17) is 0 Å². The smallest absolute Gasteiger partial charge is 0.296 e. The van der Waals surface area contributed by atoms with Crippen LogP contribution in [-0.4, -0.2) is 11.3 Å². The Hall–Kier alpha value is -0.660. The predicted molar refractivity (Wildman–Crippen MR) is 47.3 cm³/mol. The molecule has 0 N–H and O–H groups in total. The van der Waals surface area contributed by atoms with Crippen molar-refractivity contribution < 1.29 is 18.0 Å². The molecule has 6 heteroatoms. The Labute approximate surface area is 85.3 Å². The standard InChI is InChI=1S/C7H3F3INO/c8-7(9,10)5-2-12-4(3-13)1-6(5)11/h1-3H. The molecule has 2 nitrogen and oxygen atoms in total.